The minimum absolute atomic E-state index is 0.00763. The molecule has 0 bridgehead atoms. The number of allylic oxidation sites excluding steroid dienone is 5. The van der Waals surface area contributed by atoms with Gasteiger partial charge in [0.2, 0.25) is 5.91 Å². The zero-order chi connectivity index (χ0) is 49.2. The zero-order valence-corrected chi connectivity index (χ0v) is 46.0. The van der Waals surface area contributed by atoms with Gasteiger partial charge in [-0.2, -0.15) is 0 Å². The van der Waals surface area contributed by atoms with Gasteiger partial charge in [-0.25, -0.2) is 0 Å². The Balaban J connectivity index is 4.14. The molecule has 0 aromatic carbocycles. The molecule has 67 heavy (non-hydrogen) atoms. The average Bonchev–Trinajstić information content (AvgIpc) is 3.29. The first kappa shape index (κ1) is 65.7. The molecule has 396 valence electrons. The number of rotatable bonds is 53. The van der Waals surface area contributed by atoms with E-state index < -0.39 is 26.6 Å². The van der Waals surface area contributed by atoms with E-state index in [-0.39, 0.29) is 12.5 Å². The third kappa shape index (κ3) is 52.4. The van der Waals surface area contributed by atoms with E-state index in [1.807, 2.05) is 27.2 Å². The molecule has 0 saturated carbocycles. The van der Waals surface area contributed by atoms with Crippen LogP contribution in [-0.4, -0.2) is 68.5 Å². The van der Waals surface area contributed by atoms with Crippen molar-refractivity contribution in [3.05, 3.63) is 36.5 Å². The highest BCUT2D eigenvalue weighted by Gasteiger charge is 2.23. The highest BCUT2D eigenvalue weighted by molar-refractivity contribution is 7.45. The summed E-state index contributed by atoms with van der Waals surface area (Å²) in [6.07, 6.45) is 63.9. The van der Waals surface area contributed by atoms with Gasteiger partial charge in [-0.15, -0.1) is 0 Å². The number of quaternary nitrogens is 1. The first-order valence-corrected chi connectivity index (χ1v) is 30.3. The van der Waals surface area contributed by atoms with Crippen LogP contribution >= 0.6 is 7.82 Å². The van der Waals surface area contributed by atoms with E-state index in [2.05, 4.69) is 43.5 Å². The lowest BCUT2D eigenvalue weighted by Gasteiger charge is -2.29. The van der Waals surface area contributed by atoms with Crippen LogP contribution in [-0.2, 0) is 18.4 Å². The predicted molar refractivity (Wildman–Crippen MR) is 288 cm³/mol. The number of carbonyl (C=O) groups excluding carboxylic acids is 1. The zero-order valence-electron chi connectivity index (χ0n) is 45.1. The largest absolute Gasteiger partial charge is 0.756 e. The van der Waals surface area contributed by atoms with Crippen molar-refractivity contribution in [2.75, 3.05) is 40.9 Å². The molecule has 0 aliphatic rings. The maximum Gasteiger partial charge on any atom is 0.268 e. The normalized spacial score (nSPS) is 14.2. The lowest BCUT2D eigenvalue weighted by Crippen LogP contribution is -2.45. The van der Waals surface area contributed by atoms with Crippen molar-refractivity contribution in [2.45, 2.75) is 289 Å². The Morgan fingerprint density at radius 1 is 0.507 bits per heavy atom. The van der Waals surface area contributed by atoms with Crippen LogP contribution in [0.25, 0.3) is 0 Å². The summed E-state index contributed by atoms with van der Waals surface area (Å²) in [5.41, 5.74) is 0. The van der Waals surface area contributed by atoms with Crippen molar-refractivity contribution in [1.82, 2.24) is 5.32 Å². The minimum Gasteiger partial charge on any atom is -0.756 e. The Labute approximate surface area is 417 Å². The maximum absolute atomic E-state index is 12.9. The number of phosphoric acid groups is 1. The molecule has 1 amide bonds. The standard InChI is InChI=1S/C58H113N2O6P/c1-6-8-10-12-14-16-18-20-21-22-23-24-25-26-27-28-29-30-31-32-33-34-35-36-37-38-40-41-43-45-47-49-51-57(61)56(55-66-67(63,64)65-54-53-60(3,4)5)59-58(62)52-50-48-46-44-42-39-19-17-15-13-11-9-7-2/h36-37,41,43,49,51,56-57,61H,6-35,38-40,42,44-48,50,52-55H2,1-5H3,(H-,59,62,63,64)/b37-36+,43-41+,51-49+. The molecule has 0 radical (unpaired) electrons. The van der Waals surface area contributed by atoms with Crippen molar-refractivity contribution in [2.24, 2.45) is 0 Å². The van der Waals surface area contributed by atoms with Gasteiger partial charge in [0.25, 0.3) is 7.82 Å². The minimum atomic E-state index is -4.60. The fourth-order valence-electron chi connectivity index (χ4n) is 8.54. The molecule has 9 heteroatoms. The third-order valence-corrected chi connectivity index (χ3v) is 14.0. The molecule has 0 aliphatic carbocycles. The second kappa shape index (κ2) is 49.7. The summed E-state index contributed by atoms with van der Waals surface area (Å²) in [6, 6.07) is -0.907. The lowest BCUT2D eigenvalue weighted by atomic mass is 10.0. The molecule has 0 aromatic heterocycles. The van der Waals surface area contributed by atoms with Crippen molar-refractivity contribution >= 4 is 13.7 Å². The van der Waals surface area contributed by atoms with Crippen molar-refractivity contribution in [1.29, 1.82) is 0 Å². The molecule has 8 nitrogen and oxygen atoms in total. The first-order chi connectivity index (χ1) is 32.5. The number of amides is 1. The summed E-state index contributed by atoms with van der Waals surface area (Å²) < 4.78 is 23.3. The first-order valence-electron chi connectivity index (χ1n) is 28.9. The van der Waals surface area contributed by atoms with Crippen molar-refractivity contribution in [3.8, 4) is 0 Å². The van der Waals surface area contributed by atoms with Crippen LogP contribution in [0.5, 0.6) is 0 Å². The highest BCUT2D eigenvalue weighted by Crippen LogP contribution is 2.38. The Morgan fingerprint density at radius 2 is 0.836 bits per heavy atom. The van der Waals surface area contributed by atoms with Gasteiger partial charge >= 0.3 is 0 Å². The smallest absolute Gasteiger partial charge is 0.268 e. The van der Waals surface area contributed by atoms with Crippen LogP contribution in [0, 0.1) is 0 Å². The maximum atomic E-state index is 12.9. The number of carbonyl (C=O) groups is 1. The van der Waals surface area contributed by atoms with Crippen LogP contribution in [0.2, 0.25) is 0 Å². The highest BCUT2D eigenvalue weighted by atomic mass is 31.2. The topological polar surface area (TPSA) is 108 Å². The van der Waals surface area contributed by atoms with E-state index >= 15 is 0 Å². The number of nitrogens with one attached hydrogen (secondary N) is 1. The van der Waals surface area contributed by atoms with E-state index in [1.165, 1.54) is 212 Å². The summed E-state index contributed by atoms with van der Waals surface area (Å²) >= 11 is 0. The summed E-state index contributed by atoms with van der Waals surface area (Å²) in [6.45, 7) is 4.64. The third-order valence-electron chi connectivity index (χ3n) is 13.1. The number of aliphatic hydroxyl groups is 1. The van der Waals surface area contributed by atoms with Gasteiger partial charge in [-0.1, -0.05) is 262 Å². The molecule has 0 rings (SSSR count). The van der Waals surface area contributed by atoms with Gasteiger partial charge in [-0.05, 0) is 44.9 Å². The van der Waals surface area contributed by atoms with Gasteiger partial charge in [-0.3, -0.25) is 9.36 Å². The summed E-state index contributed by atoms with van der Waals surface area (Å²) in [5, 5.41) is 13.8. The number of aliphatic hydroxyl groups excluding tert-OH is 1. The van der Waals surface area contributed by atoms with Gasteiger partial charge in [0.1, 0.15) is 13.2 Å². The second-order valence-corrected chi connectivity index (χ2v) is 22.4. The van der Waals surface area contributed by atoms with Gasteiger partial charge < -0.3 is 28.8 Å². The predicted octanol–water partition coefficient (Wildman–Crippen LogP) is 16.7. The van der Waals surface area contributed by atoms with Crippen molar-refractivity contribution in [3.63, 3.8) is 0 Å². The van der Waals surface area contributed by atoms with Crippen LogP contribution in [0.3, 0.4) is 0 Å². The van der Waals surface area contributed by atoms with Crippen molar-refractivity contribution < 1.29 is 32.9 Å². The monoisotopic (exact) mass is 965 g/mol. The Bertz CT molecular complexity index is 1190. The summed E-state index contributed by atoms with van der Waals surface area (Å²) in [4.78, 5) is 25.4. The molecule has 0 aromatic rings. The molecule has 2 N–H and O–H groups in total. The van der Waals surface area contributed by atoms with Crippen LogP contribution in [0.15, 0.2) is 36.5 Å². The fourth-order valence-corrected chi connectivity index (χ4v) is 9.26. The molecular weight excluding hydrogens is 852 g/mol. The average molecular weight is 966 g/mol. The Hall–Kier alpha value is -1.28. The van der Waals surface area contributed by atoms with E-state index in [9.17, 15) is 19.4 Å². The summed E-state index contributed by atoms with van der Waals surface area (Å²) in [7, 11) is 1.24. The van der Waals surface area contributed by atoms with E-state index in [0.717, 1.165) is 44.9 Å². The second-order valence-electron chi connectivity index (χ2n) is 21.0. The lowest BCUT2D eigenvalue weighted by molar-refractivity contribution is -0.870. The molecule has 0 heterocycles. The van der Waals surface area contributed by atoms with Gasteiger partial charge in [0.05, 0.1) is 39.9 Å². The summed E-state index contributed by atoms with van der Waals surface area (Å²) in [5.74, 6) is -0.209. The number of unbranched alkanes of at least 4 members (excludes halogenated alkanes) is 36. The molecule has 0 fully saturated rings. The van der Waals surface area contributed by atoms with Crippen LogP contribution in [0.1, 0.15) is 277 Å². The molecule has 0 aliphatic heterocycles. The molecule has 0 saturated heterocycles. The molecule has 0 spiro atoms. The van der Waals surface area contributed by atoms with Gasteiger partial charge in [0.15, 0.2) is 0 Å². The quantitative estimate of drug-likeness (QED) is 0.0272. The SMILES string of the molecule is CCCCCCCCCCCCCCCCCCCCCCCC/C=C/CC/C=C/CC/C=C/C(O)C(COP(=O)([O-])OCC[N+](C)(C)C)NC(=O)CCCCCCCCCCCCCCC. The number of phosphoric ester groups is 1. The Kier molecular flexibility index (Phi) is 48.7. The molecular formula is C58H113N2O6P. The van der Waals surface area contributed by atoms with E-state index in [1.54, 1.807) is 6.08 Å². The number of hydrogen-bond donors (Lipinski definition) is 2. The van der Waals surface area contributed by atoms with Crippen LogP contribution < -0.4 is 10.2 Å². The number of nitrogens with zero attached hydrogens (tertiary/aromatic N) is 1. The molecule has 3 unspecified atom stereocenters. The number of hydrogen-bond acceptors (Lipinski definition) is 6. The van der Waals surface area contributed by atoms with E-state index in [4.69, 9.17) is 9.05 Å². The van der Waals surface area contributed by atoms with E-state index in [0.29, 0.717) is 17.4 Å². The molecule has 3 atom stereocenters. The van der Waals surface area contributed by atoms with Gasteiger partial charge in [0, 0.05) is 6.42 Å². The van der Waals surface area contributed by atoms with Crippen LogP contribution in [0.4, 0.5) is 0 Å². The number of likely N-dealkylation sites (N-methyl/N-ethyl adjacent to an activating group) is 1. The Morgan fingerprint density at radius 3 is 1.21 bits per heavy atom. The fraction of sp³-hybridized carbons (Fsp3) is 0.879.